The van der Waals surface area contributed by atoms with Gasteiger partial charge in [0.05, 0.1) is 11.3 Å². The molecular weight excluding hydrogens is 170 g/mol. The topological polar surface area (TPSA) is 87.7 Å². The van der Waals surface area contributed by atoms with Gasteiger partial charge in [-0.15, -0.1) is 0 Å². The third kappa shape index (κ3) is 3.89. The first-order valence-corrected chi connectivity index (χ1v) is 4.14. The normalized spacial score (nSPS) is 12.8. The van der Waals surface area contributed by atoms with E-state index >= 15 is 0 Å². The standard InChI is InChI=1S/C8H17N3O2/c1-6(11-13)8(2,3)10-7(12)4-5-9/h13H,4-5,9H2,1-3H3,(H,10,12). The van der Waals surface area contributed by atoms with E-state index in [2.05, 4.69) is 10.5 Å². The number of amides is 1. The lowest BCUT2D eigenvalue weighted by Crippen LogP contribution is -2.49. The summed E-state index contributed by atoms with van der Waals surface area (Å²) in [6.07, 6.45) is 0.280. The minimum atomic E-state index is -0.624. The fourth-order valence-electron chi connectivity index (χ4n) is 0.758. The highest BCUT2D eigenvalue weighted by Crippen LogP contribution is 2.05. The molecule has 5 nitrogen and oxygen atoms in total. The number of carbonyl (C=O) groups excluding carboxylic acids is 1. The zero-order chi connectivity index (χ0) is 10.5. The number of nitrogens with two attached hydrogens (primary N) is 1. The van der Waals surface area contributed by atoms with Crippen molar-refractivity contribution in [2.75, 3.05) is 6.54 Å². The van der Waals surface area contributed by atoms with Gasteiger partial charge in [-0.3, -0.25) is 4.79 Å². The number of oxime groups is 1. The Labute approximate surface area is 78.0 Å². The van der Waals surface area contributed by atoms with Crippen LogP contribution in [0, 0.1) is 0 Å². The van der Waals surface area contributed by atoms with Crippen LogP contribution in [0.2, 0.25) is 0 Å². The van der Waals surface area contributed by atoms with Gasteiger partial charge in [0.15, 0.2) is 0 Å². The molecule has 0 fully saturated rings. The summed E-state index contributed by atoms with van der Waals surface area (Å²) in [6, 6.07) is 0. The maximum Gasteiger partial charge on any atom is 0.221 e. The highest BCUT2D eigenvalue weighted by molar-refractivity contribution is 5.94. The molecule has 0 aliphatic rings. The van der Waals surface area contributed by atoms with Crippen molar-refractivity contribution < 1.29 is 10.0 Å². The minimum absolute atomic E-state index is 0.143. The van der Waals surface area contributed by atoms with Crippen molar-refractivity contribution in [2.45, 2.75) is 32.7 Å². The Hall–Kier alpha value is -1.10. The summed E-state index contributed by atoms with van der Waals surface area (Å²) < 4.78 is 0. The first kappa shape index (κ1) is 11.9. The minimum Gasteiger partial charge on any atom is -0.411 e. The van der Waals surface area contributed by atoms with Crippen molar-refractivity contribution in [3.63, 3.8) is 0 Å². The van der Waals surface area contributed by atoms with Crippen molar-refractivity contribution >= 4 is 11.6 Å². The molecule has 0 radical (unpaired) electrons. The van der Waals surface area contributed by atoms with Crippen LogP contribution in [0.15, 0.2) is 5.16 Å². The largest absolute Gasteiger partial charge is 0.411 e. The van der Waals surface area contributed by atoms with Gasteiger partial charge in [0.1, 0.15) is 0 Å². The summed E-state index contributed by atoms with van der Waals surface area (Å²) in [4.78, 5) is 11.2. The molecule has 0 aliphatic carbocycles. The molecule has 0 aromatic carbocycles. The van der Waals surface area contributed by atoms with Gasteiger partial charge in [-0.1, -0.05) is 5.16 Å². The van der Waals surface area contributed by atoms with Crippen molar-refractivity contribution in [1.82, 2.24) is 5.32 Å². The van der Waals surface area contributed by atoms with Crippen LogP contribution in [-0.4, -0.2) is 28.9 Å². The Morgan fingerprint density at radius 3 is 2.54 bits per heavy atom. The van der Waals surface area contributed by atoms with Crippen LogP contribution >= 0.6 is 0 Å². The number of hydrogen-bond acceptors (Lipinski definition) is 4. The highest BCUT2D eigenvalue weighted by Gasteiger charge is 2.23. The van der Waals surface area contributed by atoms with Crippen LogP contribution in [0.3, 0.4) is 0 Å². The predicted octanol–water partition coefficient (Wildman–Crippen LogP) is 0.0801. The van der Waals surface area contributed by atoms with E-state index in [1.165, 1.54) is 0 Å². The molecule has 0 aromatic rings. The molecule has 0 saturated carbocycles. The third-order valence-corrected chi connectivity index (χ3v) is 1.88. The fraction of sp³-hybridized carbons (Fsp3) is 0.750. The Morgan fingerprint density at radius 2 is 2.15 bits per heavy atom. The van der Waals surface area contributed by atoms with Crippen LogP contribution in [0.25, 0.3) is 0 Å². The van der Waals surface area contributed by atoms with Crippen LogP contribution < -0.4 is 11.1 Å². The van der Waals surface area contributed by atoms with E-state index in [0.717, 1.165) is 0 Å². The molecule has 0 unspecified atom stereocenters. The predicted molar refractivity (Wildman–Crippen MR) is 50.8 cm³/mol. The molecule has 76 valence electrons. The zero-order valence-corrected chi connectivity index (χ0v) is 8.29. The van der Waals surface area contributed by atoms with Crippen LogP contribution in [0.1, 0.15) is 27.2 Å². The molecule has 0 bridgehead atoms. The lowest BCUT2D eigenvalue weighted by Gasteiger charge is -2.24. The van der Waals surface area contributed by atoms with Gasteiger partial charge in [0, 0.05) is 13.0 Å². The molecule has 0 heterocycles. The van der Waals surface area contributed by atoms with Crippen molar-refractivity contribution in [3.05, 3.63) is 0 Å². The SMILES string of the molecule is CC(=NO)C(C)(C)NC(=O)CCN. The second kappa shape index (κ2) is 4.81. The highest BCUT2D eigenvalue weighted by atomic mass is 16.4. The first-order valence-electron chi connectivity index (χ1n) is 4.14. The molecule has 5 heteroatoms. The van der Waals surface area contributed by atoms with Gasteiger partial charge in [-0.05, 0) is 20.8 Å². The van der Waals surface area contributed by atoms with E-state index in [9.17, 15) is 4.79 Å². The molecule has 13 heavy (non-hydrogen) atoms. The number of hydrogen-bond donors (Lipinski definition) is 3. The second-order valence-corrected chi connectivity index (χ2v) is 3.40. The molecular formula is C8H17N3O2. The lowest BCUT2D eigenvalue weighted by molar-refractivity contribution is -0.121. The molecule has 1 amide bonds. The van der Waals surface area contributed by atoms with E-state index in [1.54, 1.807) is 20.8 Å². The number of carbonyl (C=O) groups is 1. The second-order valence-electron chi connectivity index (χ2n) is 3.40. The average molecular weight is 187 g/mol. The van der Waals surface area contributed by atoms with E-state index in [4.69, 9.17) is 10.9 Å². The Balaban J connectivity index is 4.25. The lowest BCUT2D eigenvalue weighted by atomic mass is 9.99. The maximum atomic E-state index is 11.2. The first-order chi connectivity index (χ1) is 5.94. The summed E-state index contributed by atoms with van der Waals surface area (Å²) in [6.45, 7) is 5.48. The van der Waals surface area contributed by atoms with Crippen molar-refractivity contribution in [2.24, 2.45) is 10.9 Å². The molecule has 0 aromatic heterocycles. The smallest absolute Gasteiger partial charge is 0.221 e. The van der Waals surface area contributed by atoms with Gasteiger partial charge >= 0.3 is 0 Å². The van der Waals surface area contributed by atoms with E-state index in [-0.39, 0.29) is 12.3 Å². The molecule has 0 atom stereocenters. The summed E-state index contributed by atoms with van der Waals surface area (Å²) in [5, 5.41) is 14.3. The molecule has 0 aliphatic heterocycles. The molecule has 4 N–H and O–H groups in total. The van der Waals surface area contributed by atoms with E-state index in [1.807, 2.05) is 0 Å². The maximum absolute atomic E-state index is 11.2. The quantitative estimate of drug-likeness (QED) is 0.331. The molecule has 0 saturated heterocycles. The third-order valence-electron chi connectivity index (χ3n) is 1.88. The van der Waals surface area contributed by atoms with Gasteiger partial charge in [-0.25, -0.2) is 0 Å². The van der Waals surface area contributed by atoms with Gasteiger partial charge in [-0.2, -0.15) is 0 Å². The van der Waals surface area contributed by atoms with Crippen molar-refractivity contribution in [1.29, 1.82) is 0 Å². The number of nitrogens with one attached hydrogen (secondary N) is 1. The Bertz CT molecular complexity index is 211. The Kier molecular flexibility index (Phi) is 4.40. The Morgan fingerprint density at radius 1 is 1.62 bits per heavy atom. The van der Waals surface area contributed by atoms with Gasteiger partial charge in [0.25, 0.3) is 0 Å². The van der Waals surface area contributed by atoms with Crippen LogP contribution in [0.5, 0.6) is 0 Å². The zero-order valence-electron chi connectivity index (χ0n) is 8.29. The van der Waals surface area contributed by atoms with E-state index in [0.29, 0.717) is 12.3 Å². The fourth-order valence-corrected chi connectivity index (χ4v) is 0.758. The van der Waals surface area contributed by atoms with Crippen LogP contribution in [-0.2, 0) is 4.79 Å². The number of rotatable bonds is 4. The summed E-state index contributed by atoms with van der Waals surface area (Å²) in [5.74, 6) is -0.143. The summed E-state index contributed by atoms with van der Waals surface area (Å²) in [7, 11) is 0. The monoisotopic (exact) mass is 187 g/mol. The van der Waals surface area contributed by atoms with Gasteiger partial charge in [0.2, 0.25) is 5.91 Å². The van der Waals surface area contributed by atoms with Crippen LogP contribution in [0.4, 0.5) is 0 Å². The van der Waals surface area contributed by atoms with Crippen molar-refractivity contribution in [3.8, 4) is 0 Å². The molecule has 0 rings (SSSR count). The summed E-state index contributed by atoms with van der Waals surface area (Å²) in [5.41, 5.74) is 5.05. The molecule has 0 spiro atoms. The van der Waals surface area contributed by atoms with E-state index < -0.39 is 5.54 Å². The summed E-state index contributed by atoms with van der Waals surface area (Å²) >= 11 is 0. The van der Waals surface area contributed by atoms with Gasteiger partial charge < -0.3 is 16.3 Å². The number of nitrogens with zero attached hydrogens (tertiary/aromatic N) is 1. The average Bonchev–Trinajstić information content (AvgIpc) is 2.02.